The van der Waals surface area contributed by atoms with Crippen molar-refractivity contribution in [3.05, 3.63) is 64.1 Å². The van der Waals surface area contributed by atoms with Crippen LogP contribution in [-0.4, -0.2) is 16.3 Å². The first-order valence-electron chi connectivity index (χ1n) is 9.36. The minimum Gasteiger partial charge on any atom is -0.370 e. The monoisotopic (exact) mass is 409 g/mol. The summed E-state index contributed by atoms with van der Waals surface area (Å²) in [6, 6.07) is 17.1. The molecule has 4 rings (SSSR count). The molecule has 0 radical (unpaired) electrons. The minimum atomic E-state index is 0.450. The number of anilines is 1. The normalized spacial score (nSPS) is 14.0. The van der Waals surface area contributed by atoms with Gasteiger partial charge in [-0.1, -0.05) is 60.1 Å². The molecule has 1 N–H and O–H groups in total. The van der Waals surface area contributed by atoms with E-state index >= 15 is 0 Å². The highest BCUT2D eigenvalue weighted by molar-refractivity contribution is 9.10. The van der Waals surface area contributed by atoms with Crippen LogP contribution < -0.4 is 5.32 Å². The van der Waals surface area contributed by atoms with Crippen molar-refractivity contribution in [3.8, 4) is 16.9 Å². The molecule has 3 aromatic rings. The maximum Gasteiger partial charge on any atom is 0.133 e. The standard InChI is InChI=1S/C22H24BrN3/c1-15(2)18-10-3-4-12-20(18)26-22-19(11-5-6-13-24-22)21(25-26)16-8-7-9-17(23)14-16/h3-4,7-10,12,14-15,24H,5-6,11,13H2,1-2H3. The quantitative estimate of drug-likeness (QED) is 0.559. The summed E-state index contributed by atoms with van der Waals surface area (Å²) in [5, 5.41) is 8.74. The Morgan fingerprint density at radius 2 is 1.92 bits per heavy atom. The molecule has 1 aromatic heterocycles. The third-order valence-corrected chi connectivity index (χ3v) is 5.51. The average Bonchev–Trinajstić information content (AvgIpc) is 2.82. The molecule has 0 bridgehead atoms. The highest BCUT2D eigenvalue weighted by atomic mass is 79.9. The lowest BCUT2D eigenvalue weighted by molar-refractivity contribution is 0.776. The van der Waals surface area contributed by atoms with Crippen LogP contribution in [0.3, 0.4) is 0 Å². The topological polar surface area (TPSA) is 29.9 Å². The molecule has 0 saturated carbocycles. The summed E-state index contributed by atoms with van der Waals surface area (Å²) in [6.07, 6.45) is 3.45. The summed E-state index contributed by atoms with van der Waals surface area (Å²) >= 11 is 3.60. The van der Waals surface area contributed by atoms with Crippen LogP contribution >= 0.6 is 15.9 Å². The third kappa shape index (κ3) is 3.18. The van der Waals surface area contributed by atoms with Gasteiger partial charge in [-0.25, -0.2) is 4.68 Å². The fourth-order valence-corrected chi connectivity index (χ4v) is 4.11. The Morgan fingerprint density at radius 3 is 2.73 bits per heavy atom. The fraction of sp³-hybridized carbons (Fsp3) is 0.318. The maximum atomic E-state index is 5.09. The number of rotatable bonds is 3. The third-order valence-electron chi connectivity index (χ3n) is 5.01. The second-order valence-electron chi connectivity index (χ2n) is 7.20. The van der Waals surface area contributed by atoms with E-state index in [1.807, 2.05) is 0 Å². The summed E-state index contributed by atoms with van der Waals surface area (Å²) in [7, 11) is 0. The Bertz CT molecular complexity index is 927. The molecule has 0 amide bonds. The van der Waals surface area contributed by atoms with E-state index in [4.69, 9.17) is 5.10 Å². The molecule has 2 aromatic carbocycles. The van der Waals surface area contributed by atoms with Gasteiger partial charge in [-0.3, -0.25) is 0 Å². The number of para-hydroxylation sites is 1. The van der Waals surface area contributed by atoms with E-state index in [9.17, 15) is 0 Å². The van der Waals surface area contributed by atoms with Crippen LogP contribution in [0.2, 0.25) is 0 Å². The molecule has 1 aliphatic rings. The summed E-state index contributed by atoms with van der Waals surface area (Å²) < 4.78 is 3.22. The number of hydrogen-bond acceptors (Lipinski definition) is 2. The van der Waals surface area contributed by atoms with Crippen LogP contribution in [0.1, 0.15) is 43.7 Å². The second-order valence-corrected chi connectivity index (χ2v) is 8.11. The zero-order valence-electron chi connectivity index (χ0n) is 15.3. The molecule has 0 fully saturated rings. The minimum absolute atomic E-state index is 0.450. The van der Waals surface area contributed by atoms with Gasteiger partial charge in [0.25, 0.3) is 0 Å². The van der Waals surface area contributed by atoms with Crippen molar-refractivity contribution in [2.45, 2.75) is 39.0 Å². The Kier molecular flexibility index (Phi) is 4.86. The summed E-state index contributed by atoms with van der Waals surface area (Å²) in [6.45, 7) is 5.48. The van der Waals surface area contributed by atoms with E-state index in [1.54, 1.807) is 0 Å². The predicted molar refractivity (Wildman–Crippen MR) is 112 cm³/mol. The van der Waals surface area contributed by atoms with Crippen LogP contribution in [-0.2, 0) is 6.42 Å². The number of halogens is 1. The fourth-order valence-electron chi connectivity index (χ4n) is 3.71. The largest absolute Gasteiger partial charge is 0.370 e. The van der Waals surface area contributed by atoms with Gasteiger partial charge in [-0.05, 0) is 48.9 Å². The van der Waals surface area contributed by atoms with Crippen LogP contribution in [0.5, 0.6) is 0 Å². The molecule has 1 aliphatic heterocycles. The average molecular weight is 410 g/mol. The van der Waals surface area contributed by atoms with Gasteiger partial charge in [-0.15, -0.1) is 0 Å². The molecule has 26 heavy (non-hydrogen) atoms. The van der Waals surface area contributed by atoms with Crippen LogP contribution in [0.4, 0.5) is 5.82 Å². The number of hydrogen-bond donors (Lipinski definition) is 1. The van der Waals surface area contributed by atoms with E-state index in [1.165, 1.54) is 35.2 Å². The first-order chi connectivity index (χ1) is 12.6. The van der Waals surface area contributed by atoms with Gasteiger partial charge in [0.15, 0.2) is 0 Å². The molecule has 134 valence electrons. The second kappa shape index (κ2) is 7.28. The van der Waals surface area contributed by atoms with E-state index in [2.05, 4.69) is 88.3 Å². The van der Waals surface area contributed by atoms with Crippen molar-refractivity contribution < 1.29 is 0 Å². The summed E-state index contributed by atoms with van der Waals surface area (Å²) in [5.74, 6) is 1.61. The van der Waals surface area contributed by atoms with Gasteiger partial charge in [0.1, 0.15) is 5.82 Å². The van der Waals surface area contributed by atoms with Crippen LogP contribution in [0.15, 0.2) is 53.0 Å². The summed E-state index contributed by atoms with van der Waals surface area (Å²) in [4.78, 5) is 0. The molecule has 3 nitrogen and oxygen atoms in total. The van der Waals surface area contributed by atoms with Crippen molar-refractivity contribution >= 4 is 21.7 Å². The van der Waals surface area contributed by atoms with E-state index < -0.39 is 0 Å². The molecule has 2 heterocycles. The molecule has 0 spiro atoms. The molecule has 0 atom stereocenters. The lowest BCUT2D eigenvalue weighted by Crippen LogP contribution is -2.09. The maximum absolute atomic E-state index is 5.09. The Morgan fingerprint density at radius 1 is 1.08 bits per heavy atom. The van der Waals surface area contributed by atoms with E-state index in [0.29, 0.717) is 5.92 Å². The smallest absolute Gasteiger partial charge is 0.133 e. The van der Waals surface area contributed by atoms with Crippen molar-refractivity contribution in [2.24, 2.45) is 0 Å². The number of aromatic nitrogens is 2. The molecule has 4 heteroatoms. The molecule has 0 aliphatic carbocycles. The number of benzene rings is 2. The Balaban J connectivity index is 1.94. The Labute approximate surface area is 163 Å². The number of nitrogens with zero attached hydrogens (tertiary/aromatic N) is 2. The zero-order valence-corrected chi connectivity index (χ0v) is 16.9. The van der Waals surface area contributed by atoms with Gasteiger partial charge >= 0.3 is 0 Å². The van der Waals surface area contributed by atoms with Gasteiger partial charge in [0.2, 0.25) is 0 Å². The van der Waals surface area contributed by atoms with Gasteiger partial charge in [0.05, 0.1) is 11.4 Å². The highest BCUT2D eigenvalue weighted by Crippen LogP contribution is 2.36. The van der Waals surface area contributed by atoms with E-state index in [-0.39, 0.29) is 0 Å². The Hall–Kier alpha value is -2.07. The van der Waals surface area contributed by atoms with Crippen molar-refractivity contribution in [2.75, 3.05) is 11.9 Å². The molecular weight excluding hydrogens is 386 g/mol. The first-order valence-corrected chi connectivity index (χ1v) is 10.2. The van der Waals surface area contributed by atoms with Crippen LogP contribution in [0.25, 0.3) is 16.9 Å². The molecular formula is C22H24BrN3. The lowest BCUT2D eigenvalue weighted by atomic mass is 10.0. The first kappa shape index (κ1) is 17.3. The number of nitrogens with one attached hydrogen (secondary N) is 1. The van der Waals surface area contributed by atoms with E-state index in [0.717, 1.165) is 29.0 Å². The predicted octanol–water partition coefficient (Wildman–Crippen LogP) is 6.17. The van der Waals surface area contributed by atoms with Crippen molar-refractivity contribution in [1.29, 1.82) is 0 Å². The van der Waals surface area contributed by atoms with Crippen molar-refractivity contribution in [3.63, 3.8) is 0 Å². The number of fused-ring (bicyclic) bond motifs is 1. The van der Waals surface area contributed by atoms with Gasteiger partial charge < -0.3 is 5.32 Å². The van der Waals surface area contributed by atoms with Gasteiger partial charge in [0, 0.05) is 22.1 Å². The lowest BCUT2D eigenvalue weighted by Gasteiger charge is -2.15. The van der Waals surface area contributed by atoms with Crippen molar-refractivity contribution in [1.82, 2.24) is 9.78 Å². The van der Waals surface area contributed by atoms with Crippen LogP contribution in [0, 0.1) is 0 Å². The SMILES string of the molecule is CC(C)c1ccccc1-n1nc(-c2cccc(Br)c2)c2c1NCCCC2. The zero-order chi connectivity index (χ0) is 18.1. The highest BCUT2D eigenvalue weighted by Gasteiger charge is 2.23. The summed E-state index contributed by atoms with van der Waals surface area (Å²) in [5.41, 5.74) is 6.09. The van der Waals surface area contributed by atoms with Gasteiger partial charge in [-0.2, -0.15) is 5.10 Å². The molecule has 0 unspecified atom stereocenters. The molecule has 0 saturated heterocycles.